The number of carbonyl (C=O) groups is 1. The van der Waals surface area contributed by atoms with E-state index in [0.29, 0.717) is 24.3 Å². The fourth-order valence-corrected chi connectivity index (χ4v) is 5.84. The summed E-state index contributed by atoms with van der Waals surface area (Å²) in [5.74, 6) is 0.0610. The van der Waals surface area contributed by atoms with Crippen molar-refractivity contribution in [3.05, 3.63) is 46.2 Å². The van der Waals surface area contributed by atoms with E-state index < -0.39 is 10.0 Å². The number of nitrogens with one attached hydrogen (secondary N) is 1. The Kier molecular flexibility index (Phi) is 4.86. The number of benzene rings is 1. The predicted octanol–water partition coefficient (Wildman–Crippen LogP) is 3.10. The van der Waals surface area contributed by atoms with Crippen molar-refractivity contribution >= 4 is 33.0 Å². The quantitative estimate of drug-likeness (QED) is 0.853. The van der Waals surface area contributed by atoms with Gasteiger partial charge < -0.3 is 4.90 Å². The lowest BCUT2D eigenvalue weighted by molar-refractivity contribution is -0.117. The fourth-order valence-electron chi connectivity index (χ4n) is 3.79. The zero-order chi connectivity index (χ0) is 18.1. The van der Waals surface area contributed by atoms with Gasteiger partial charge in [0, 0.05) is 23.2 Å². The Morgan fingerprint density at radius 3 is 2.77 bits per heavy atom. The summed E-state index contributed by atoms with van der Waals surface area (Å²) in [6.07, 6.45) is 5.07. The topological polar surface area (TPSA) is 66.5 Å². The van der Waals surface area contributed by atoms with E-state index in [9.17, 15) is 13.2 Å². The number of nitrogens with zero attached hydrogens (tertiary/aromatic N) is 1. The van der Waals surface area contributed by atoms with Crippen LogP contribution in [0.4, 0.5) is 5.69 Å². The van der Waals surface area contributed by atoms with Gasteiger partial charge in [-0.2, -0.15) is 0 Å². The zero-order valence-corrected chi connectivity index (χ0v) is 16.1. The summed E-state index contributed by atoms with van der Waals surface area (Å²) in [5.41, 5.74) is 1.77. The highest BCUT2D eigenvalue weighted by Crippen LogP contribution is 2.31. The van der Waals surface area contributed by atoms with Crippen molar-refractivity contribution in [2.75, 3.05) is 11.4 Å². The largest absolute Gasteiger partial charge is 0.312 e. The SMILES string of the molecule is O=C(Cc1cccs1)N1CCc2cc(S(=O)(=O)NC3CCCC3)ccc21. The molecule has 138 valence electrons. The smallest absolute Gasteiger partial charge is 0.240 e. The number of anilines is 1. The van der Waals surface area contributed by atoms with E-state index in [1.807, 2.05) is 17.5 Å². The summed E-state index contributed by atoms with van der Waals surface area (Å²) < 4.78 is 28.1. The monoisotopic (exact) mass is 390 g/mol. The Morgan fingerprint density at radius 2 is 2.04 bits per heavy atom. The molecule has 0 spiro atoms. The first-order chi connectivity index (χ1) is 12.5. The van der Waals surface area contributed by atoms with Crippen molar-refractivity contribution in [2.24, 2.45) is 0 Å². The number of hydrogen-bond donors (Lipinski definition) is 1. The van der Waals surface area contributed by atoms with Crippen molar-refractivity contribution in [3.63, 3.8) is 0 Å². The van der Waals surface area contributed by atoms with Gasteiger partial charge in [0.1, 0.15) is 0 Å². The molecule has 0 radical (unpaired) electrons. The molecular formula is C19H22N2O3S2. The van der Waals surface area contributed by atoms with E-state index in [1.165, 1.54) is 0 Å². The van der Waals surface area contributed by atoms with Gasteiger partial charge in [-0.05, 0) is 54.5 Å². The van der Waals surface area contributed by atoms with Gasteiger partial charge in [-0.25, -0.2) is 13.1 Å². The van der Waals surface area contributed by atoms with Gasteiger partial charge >= 0.3 is 0 Å². The lowest BCUT2D eigenvalue weighted by Gasteiger charge is -2.18. The van der Waals surface area contributed by atoms with Gasteiger partial charge in [0.15, 0.2) is 0 Å². The van der Waals surface area contributed by atoms with E-state index in [2.05, 4.69) is 4.72 Å². The lowest BCUT2D eigenvalue weighted by Crippen LogP contribution is -2.32. The van der Waals surface area contributed by atoms with Crippen LogP contribution >= 0.6 is 11.3 Å². The minimum atomic E-state index is -3.50. The first kappa shape index (κ1) is 17.7. The van der Waals surface area contributed by atoms with Crippen LogP contribution < -0.4 is 9.62 Å². The fraction of sp³-hybridized carbons (Fsp3) is 0.421. The highest BCUT2D eigenvalue weighted by atomic mass is 32.2. The molecular weight excluding hydrogens is 368 g/mol. The van der Waals surface area contributed by atoms with E-state index >= 15 is 0 Å². The van der Waals surface area contributed by atoms with Crippen LogP contribution in [0.2, 0.25) is 0 Å². The standard InChI is InChI=1S/C19H22N2O3S2/c22-19(13-16-6-3-11-25-16)21-10-9-14-12-17(7-8-18(14)21)26(23,24)20-15-4-1-2-5-15/h3,6-8,11-12,15,20H,1-2,4-5,9-10,13H2. The van der Waals surface area contributed by atoms with E-state index in [0.717, 1.165) is 41.8 Å². The van der Waals surface area contributed by atoms with E-state index in [4.69, 9.17) is 0 Å². The second-order valence-electron chi connectivity index (χ2n) is 6.94. The molecule has 5 nitrogen and oxygen atoms in total. The summed E-state index contributed by atoms with van der Waals surface area (Å²) in [7, 11) is -3.50. The molecule has 2 heterocycles. The number of fused-ring (bicyclic) bond motifs is 1. The molecule has 1 aliphatic carbocycles. The number of sulfonamides is 1. The molecule has 1 aliphatic heterocycles. The third kappa shape index (κ3) is 3.56. The van der Waals surface area contributed by atoms with E-state index in [-0.39, 0.29) is 11.9 Å². The molecule has 1 aromatic heterocycles. The normalized spacial score (nSPS) is 17.6. The molecule has 7 heteroatoms. The Labute approximate surface area is 158 Å². The van der Waals surface area contributed by atoms with Gasteiger partial charge in [-0.3, -0.25) is 4.79 Å². The molecule has 4 rings (SSSR count). The Morgan fingerprint density at radius 1 is 1.23 bits per heavy atom. The van der Waals surface area contributed by atoms with Crippen LogP contribution in [0.25, 0.3) is 0 Å². The second kappa shape index (κ2) is 7.13. The maximum atomic E-state index is 12.6. The molecule has 0 saturated heterocycles. The van der Waals surface area contributed by atoms with Gasteiger partial charge in [-0.1, -0.05) is 18.9 Å². The Balaban J connectivity index is 1.51. The van der Waals surface area contributed by atoms with Crippen molar-refractivity contribution in [1.29, 1.82) is 0 Å². The lowest BCUT2D eigenvalue weighted by atomic mass is 10.2. The molecule has 2 aromatic rings. The molecule has 0 bridgehead atoms. The Bertz CT molecular complexity index is 901. The third-order valence-corrected chi connectivity index (χ3v) is 7.53. The molecule has 0 atom stereocenters. The minimum Gasteiger partial charge on any atom is -0.312 e. The van der Waals surface area contributed by atoms with Crippen LogP contribution in [0.3, 0.4) is 0 Å². The van der Waals surface area contributed by atoms with Crippen LogP contribution in [0.15, 0.2) is 40.6 Å². The van der Waals surface area contributed by atoms with Gasteiger partial charge in [0.25, 0.3) is 0 Å². The molecule has 1 saturated carbocycles. The zero-order valence-electron chi connectivity index (χ0n) is 14.5. The molecule has 1 fully saturated rings. The van der Waals surface area contributed by atoms with Crippen molar-refractivity contribution < 1.29 is 13.2 Å². The predicted molar refractivity (Wildman–Crippen MR) is 103 cm³/mol. The van der Waals surface area contributed by atoms with Crippen molar-refractivity contribution in [1.82, 2.24) is 4.72 Å². The summed E-state index contributed by atoms with van der Waals surface area (Å²) in [6.45, 7) is 0.610. The molecule has 26 heavy (non-hydrogen) atoms. The average Bonchev–Trinajstić information content (AvgIpc) is 3.35. The van der Waals surface area contributed by atoms with Crippen molar-refractivity contribution in [3.8, 4) is 0 Å². The van der Waals surface area contributed by atoms with Crippen LogP contribution in [0.5, 0.6) is 0 Å². The number of carbonyl (C=O) groups excluding carboxylic acids is 1. The van der Waals surface area contributed by atoms with Crippen LogP contribution in [0, 0.1) is 0 Å². The number of amides is 1. The molecule has 0 unspecified atom stereocenters. The van der Waals surface area contributed by atoms with Gasteiger partial charge in [0.05, 0.1) is 11.3 Å². The van der Waals surface area contributed by atoms with Crippen molar-refractivity contribution in [2.45, 2.75) is 49.5 Å². The minimum absolute atomic E-state index is 0.0529. The number of hydrogen-bond acceptors (Lipinski definition) is 4. The number of thiophene rings is 1. The number of rotatable bonds is 5. The van der Waals surface area contributed by atoms with Crippen LogP contribution in [-0.4, -0.2) is 26.9 Å². The summed E-state index contributed by atoms with van der Waals surface area (Å²) in [5, 5.41) is 1.97. The summed E-state index contributed by atoms with van der Waals surface area (Å²) >= 11 is 1.58. The highest BCUT2D eigenvalue weighted by Gasteiger charge is 2.28. The highest BCUT2D eigenvalue weighted by molar-refractivity contribution is 7.89. The van der Waals surface area contributed by atoms with Crippen LogP contribution in [-0.2, 0) is 27.7 Å². The third-order valence-electron chi connectivity index (χ3n) is 5.14. The maximum Gasteiger partial charge on any atom is 0.240 e. The van der Waals surface area contributed by atoms with E-state index in [1.54, 1.807) is 34.4 Å². The first-order valence-corrected chi connectivity index (χ1v) is 11.4. The second-order valence-corrected chi connectivity index (χ2v) is 9.69. The van der Waals surface area contributed by atoms with Gasteiger partial charge in [-0.15, -0.1) is 11.3 Å². The molecule has 1 amide bonds. The molecule has 1 N–H and O–H groups in total. The Hall–Kier alpha value is -1.70. The van der Waals surface area contributed by atoms with Gasteiger partial charge in [0.2, 0.25) is 15.9 Å². The molecule has 2 aliphatic rings. The average molecular weight is 391 g/mol. The van der Waals surface area contributed by atoms with Crippen LogP contribution in [0.1, 0.15) is 36.1 Å². The molecule has 1 aromatic carbocycles. The maximum absolute atomic E-state index is 12.6. The first-order valence-electron chi connectivity index (χ1n) is 9.01. The summed E-state index contributed by atoms with van der Waals surface area (Å²) in [4.78, 5) is 15.7. The summed E-state index contributed by atoms with van der Waals surface area (Å²) in [6, 6.07) is 9.08.